The summed E-state index contributed by atoms with van der Waals surface area (Å²) >= 11 is 0. The number of fused-ring (bicyclic) bond motifs is 1. The molecule has 2 N–H and O–H groups in total. The highest BCUT2D eigenvalue weighted by molar-refractivity contribution is 5.95. The van der Waals surface area contributed by atoms with Gasteiger partial charge in [0.05, 0.1) is 12.2 Å². The number of nitrogens with zero attached hydrogens (tertiary/aromatic N) is 1. The highest BCUT2D eigenvalue weighted by Crippen LogP contribution is 2.30. The van der Waals surface area contributed by atoms with Gasteiger partial charge in [-0.2, -0.15) is 0 Å². The van der Waals surface area contributed by atoms with Crippen molar-refractivity contribution in [2.45, 2.75) is 20.5 Å². The summed E-state index contributed by atoms with van der Waals surface area (Å²) in [5.74, 6) is 0. The Morgan fingerprint density at radius 1 is 1.24 bits per heavy atom. The fourth-order valence-electron chi connectivity index (χ4n) is 2.75. The van der Waals surface area contributed by atoms with E-state index in [9.17, 15) is 0 Å². The van der Waals surface area contributed by atoms with E-state index in [-0.39, 0.29) is 0 Å². The average Bonchev–Trinajstić information content (AvgIpc) is 2.84. The zero-order chi connectivity index (χ0) is 15.4. The molecule has 0 unspecified atom stereocenters. The maximum absolute atomic E-state index is 5.93. The van der Waals surface area contributed by atoms with Crippen molar-refractivity contribution in [3.05, 3.63) is 66.4 Å². The van der Waals surface area contributed by atoms with Crippen LogP contribution >= 0.6 is 0 Å². The molecule has 2 aromatic rings. The topological polar surface area (TPSA) is 30.9 Å². The summed E-state index contributed by atoms with van der Waals surface area (Å²) < 4.78 is 2.08. The zero-order valence-corrected chi connectivity index (χ0v) is 12.8. The van der Waals surface area contributed by atoms with E-state index < -0.39 is 0 Å². The summed E-state index contributed by atoms with van der Waals surface area (Å²) in [6.45, 7) is 12.3. The zero-order valence-electron chi connectivity index (χ0n) is 12.8. The second-order valence-electron chi connectivity index (χ2n) is 4.79. The van der Waals surface area contributed by atoms with E-state index in [2.05, 4.69) is 48.1 Å². The van der Waals surface area contributed by atoms with Gasteiger partial charge >= 0.3 is 0 Å². The Hall–Kier alpha value is -2.32. The van der Waals surface area contributed by atoms with Crippen LogP contribution in [0.25, 0.3) is 28.6 Å². The van der Waals surface area contributed by atoms with Crippen LogP contribution in [0, 0.1) is 0 Å². The van der Waals surface area contributed by atoms with Crippen molar-refractivity contribution in [2.24, 2.45) is 5.73 Å². The summed E-state index contributed by atoms with van der Waals surface area (Å²) in [6.07, 6.45) is 9.98. The number of hydrogen-bond acceptors (Lipinski definition) is 1. The van der Waals surface area contributed by atoms with Gasteiger partial charge in [0.1, 0.15) is 0 Å². The molecule has 2 nitrogen and oxygen atoms in total. The predicted molar refractivity (Wildman–Crippen MR) is 94.8 cm³/mol. The molecule has 0 aliphatic carbocycles. The number of benzene rings is 1. The van der Waals surface area contributed by atoms with Crippen molar-refractivity contribution in [3.63, 3.8) is 0 Å². The minimum atomic E-state index is 0.421. The fraction of sp³-hybridized carbons (Fsp3) is 0.158. The third-order valence-electron chi connectivity index (χ3n) is 3.72. The maximum Gasteiger partial charge on any atom is 0.0707 e. The van der Waals surface area contributed by atoms with Crippen molar-refractivity contribution < 1.29 is 0 Å². The van der Waals surface area contributed by atoms with E-state index in [1.165, 1.54) is 11.1 Å². The van der Waals surface area contributed by atoms with Crippen LogP contribution in [0.3, 0.4) is 0 Å². The number of rotatable bonds is 5. The van der Waals surface area contributed by atoms with Gasteiger partial charge in [0.25, 0.3) is 0 Å². The molecule has 0 saturated carbocycles. The average molecular weight is 278 g/mol. The van der Waals surface area contributed by atoms with Crippen molar-refractivity contribution in [1.82, 2.24) is 4.57 Å². The number of aromatic nitrogens is 1. The van der Waals surface area contributed by atoms with Crippen LogP contribution in [-0.4, -0.2) is 4.57 Å². The molecule has 0 bridgehead atoms. The van der Waals surface area contributed by atoms with Gasteiger partial charge in [-0.3, -0.25) is 0 Å². The minimum Gasteiger partial charge on any atom is -0.327 e. The van der Waals surface area contributed by atoms with Gasteiger partial charge in [0.15, 0.2) is 0 Å². The van der Waals surface area contributed by atoms with E-state index in [0.717, 1.165) is 22.2 Å². The predicted octanol–water partition coefficient (Wildman–Crippen LogP) is 4.82. The van der Waals surface area contributed by atoms with Crippen molar-refractivity contribution in [1.29, 1.82) is 0 Å². The van der Waals surface area contributed by atoms with Crippen LogP contribution in [0.1, 0.15) is 30.7 Å². The third-order valence-corrected chi connectivity index (χ3v) is 3.72. The van der Waals surface area contributed by atoms with Crippen molar-refractivity contribution >= 4 is 28.6 Å². The Kier molecular flexibility index (Phi) is 4.61. The van der Waals surface area contributed by atoms with Crippen LogP contribution < -0.4 is 5.73 Å². The smallest absolute Gasteiger partial charge is 0.0707 e. The molecule has 1 aromatic carbocycles. The van der Waals surface area contributed by atoms with E-state index >= 15 is 0 Å². The Morgan fingerprint density at radius 3 is 2.52 bits per heavy atom. The van der Waals surface area contributed by atoms with Crippen molar-refractivity contribution in [2.75, 3.05) is 0 Å². The van der Waals surface area contributed by atoms with E-state index in [1.54, 1.807) is 0 Å². The molecular weight excluding hydrogens is 256 g/mol. The molecule has 0 amide bonds. The third kappa shape index (κ3) is 2.50. The molecular formula is C19H22N2. The summed E-state index contributed by atoms with van der Waals surface area (Å²) in [7, 11) is 0. The Bertz CT molecular complexity index is 743. The molecule has 0 radical (unpaired) electrons. The Balaban J connectivity index is 2.79. The van der Waals surface area contributed by atoms with Crippen LogP contribution in [0.4, 0.5) is 0 Å². The van der Waals surface area contributed by atoms with Gasteiger partial charge in [-0.05, 0) is 37.1 Å². The second kappa shape index (κ2) is 6.42. The molecule has 0 aliphatic rings. The molecule has 1 aromatic heterocycles. The monoisotopic (exact) mass is 278 g/mol. The highest BCUT2D eigenvalue weighted by atomic mass is 15.1. The first-order valence-electron chi connectivity index (χ1n) is 7.12. The lowest BCUT2D eigenvalue weighted by Gasteiger charge is -2.07. The van der Waals surface area contributed by atoms with Crippen LogP contribution in [-0.2, 0) is 6.67 Å². The summed E-state index contributed by atoms with van der Waals surface area (Å²) in [6, 6.07) is 6.45. The summed E-state index contributed by atoms with van der Waals surface area (Å²) in [4.78, 5) is 0. The molecule has 1 heterocycles. The standard InChI is InChI=1S/C19H22N2/c1-5-9-14(6-2)15-10-11-17-16(7-3)18(8-4)21(13-20)19(17)12-15/h5-12H,3-4,13,20H2,1-2H3/b9-5-,14-6+. The van der Waals surface area contributed by atoms with Gasteiger partial charge < -0.3 is 10.3 Å². The molecule has 2 heteroatoms. The first-order chi connectivity index (χ1) is 10.2. The van der Waals surface area contributed by atoms with Gasteiger partial charge in [-0.15, -0.1) is 0 Å². The lowest BCUT2D eigenvalue weighted by atomic mass is 10.0. The molecule has 0 saturated heterocycles. The molecule has 0 fully saturated rings. The van der Waals surface area contributed by atoms with Crippen LogP contribution in [0.15, 0.2) is 49.6 Å². The quantitative estimate of drug-likeness (QED) is 0.781. The van der Waals surface area contributed by atoms with E-state index in [0.29, 0.717) is 6.67 Å². The second-order valence-corrected chi connectivity index (χ2v) is 4.79. The largest absolute Gasteiger partial charge is 0.327 e. The first-order valence-corrected chi connectivity index (χ1v) is 7.12. The molecule has 108 valence electrons. The highest BCUT2D eigenvalue weighted by Gasteiger charge is 2.13. The summed E-state index contributed by atoms with van der Waals surface area (Å²) in [5, 5.41) is 1.16. The number of nitrogens with two attached hydrogens (primary N) is 1. The lowest BCUT2D eigenvalue weighted by Crippen LogP contribution is -2.08. The Labute approximate surface area is 126 Å². The SMILES string of the molecule is C=Cc1c(C=C)n(CN)c2cc(C(/C=C\C)=C/C)ccc12. The first kappa shape index (κ1) is 15.1. The molecule has 0 aliphatic heterocycles. The van der Waals surface area contributed by atoms with Gasteiger partial charge in [0.2, 0.25) is 0 Å². The normalized spacial score (nSPS) is 12.2. The van der Waals surface area contributed by atoms with Gasteiger partial charge in [0, 0.05) is 16.6 Å². The van der Waals surface area contributed by atoms with Crippen LogP contribution in [0.5, 0.6) is 0 Å². The minimum absolute atomic E-state index is 0.421. The molecule has 0 spiro atoms. The van der Waals surface area contributed by atoms with E-state index in [1.807, 2.05) is 32.1 Å². The van der Waals surface area contributed by atoms with Gasteiger partial charge in [-0.1, -0.05) is 49.6 Å². The maximum atomic E-state index is 5.93. The number of hydrogen-bond donors (Lipinski definition) is 1. The fourth-order valence-corrected chi connectivity index (χ4v) is 2.75. The van der Waals surface area contributed by atoms with Crippen molar-refractivity contribution in [3.8, 4) is 0 Å². The Morgan fingerprint density at radius 2 is 2.00 bits per heavy atom. The van der Waals surface area contributed by atoms with E-state index in [4.69, 9.17) is 5.73 Å². The summed E-state index contributed by atoms with van der Waals surface area (Å²) in [5.41, 5.74) is 11.5. The van der Waals surface area contributed by atoms with Crippen LogP contribution in [0.2, 0.25) is 0 Å². The molecule has 0 atom stereocenters. The molecule has 2 rings (SSSR count). The van der Waals surface area contributed by atoms with Gasteiger partial charge in [-0.25, -0.2) is 0 Å². The molecule has 21 heavy (non-hydrogen) atoms. The number of allylic oxidation sites excluding steroid dienone is 4. The lowest BCUT2D eigenvalue weighted by molar-refractivity contribution is 0.756.